The molecule has 1 heterocycles. The Morgan fingerprint density at radius 1 is 1.36 bits per heavy atom. The van der Waals surface area contributed by atoms with Crippen LogP contribution >= 0.6 is 0 Å². The molecule has 0 bridgehead atoms. The predicted molar refractivity (Wildman–Crippen MR) is 55.2 cm³/mol. The number of hydrogen-bond donors (Lipinski definition) is 2. The average molecular weight is 190 g/mol. The molecule has 0 aliphatic carbocycles. The van der Waals surface area contributed by atoms with Crippen LogP contribution in [0.3, 0.4) is 0 Å². The van der Waals surface area contributed by atoms with Crippen molar-refractivity contribution >= 4 is 6.03 Å². The van der Waals surface area contributed by atoms with E-state index in [0.717, 1.165) is 0 Å². The maximum absolute atomic E-state index is 11.0. The zero-order valence-corrected chi connectivity index (χ0v) is 8.42. The standard InChI is InChI=1S/C11H14N2O/c1-7-3-4-8(2)9(5-7)10-6-12-11(14)13-10/h3-5,10H,6H2,1-2H3,(H2,12,13,14)/t10-/m0/s1. The van der Waals surface area contributed by atoms with Crippen molar-refractivity contribution in [3.05, 3.63) is 34.9 Å². The van der Waals surface area contributed by atoms with Gasteiger partial charge in [0, 0.05) is 6.54 Å². The fourth-order valence-electron chi connectivity index (χ4n) is 1.78. The molecule has 1 aromatic rings. The summed E-state index contributed by atoms with van der Waals surface area (Å²) in [6, 6.07) is 6.36. The molecule has 0 aromatic heterocycles. The third-order valence-corrected chi connectivity index (χ3v) is 2.58. The number of hydrogen-bond acceptors (Lipinski definition) is 1. The Kier molecular flexibility index (Phi) is 2.15. The maximum atomic E-state index is 11.0. The third kappa shape index (κ3) is 1.58. The normalized spacial score (nSPS) is 20.4. The number of amides is 2. The van der Waals surface area contributed by atoms with Crippen LogP contribution in [0.2, 0.25) is 0 Å². The fraction of sp³-hybridized carbons (Fsp3) is 0.364. The van der Waals surface area contributed by atoms with Crippen molar-refractivity contribution in [2.45, 2.75) is 19.9 Å². The molecule has 1 aliphatic heterocycles. The molecule has 3 heteroatoms. The van der Waals surface area contributed by atoms with Crippen LogP contribution in [0.25, 0.3) is 0 Å². The molecule has 0 radical (unpaired) electrons. The molecular weight excluding hydrogens is 176 g/mol. The van der Waals surface area contributed by atoms with Crippen molar-refractivity contribution in [1.29, 1.82) is 0 Å². The van der Waals surface area contributed by atoms with Gasteiger partial charge in [0.2, 0.25) is 0 Å². The lowest BCUT2D eigenvalue weighted by Crippen LogP contribution is -2.22. The summed E-state index contributed by atoms with van der Waals surface area (Å²) in [5.41, 5.74) is 3.67. The Morgan fingerprint density at radius 3 is 2.79 bits per heavy atom. The first-order valence-electron chi connectivity index (χ1n) is 4.78. The van der Waals surface area contributed by atoms with E-state index in [-0.39, 0.29) is 12.1 Å². The van der Waals surface area contributed by atoms with Crippen LogP contribution in [-0.2, 0) is 0 Å². The van der Waals surface area contributed by atoms with E-state index in [4.69, 9.17) is 0 Å². The van der Waals surface area contributed by atoms with E-state index in [1.807, 2.05) is 0 Å². The second kappa shape index (κ2) is 3.33. The largest absolute Gasteiger partial charge is 0.336 e. The van der Waals surface area contributed by atoms with Crippen LogP contribution in [-0.4, -0.2) is 12.6 Å². The highest BCUT2D eigenvalue weighted by atomic mass is 16.2. The lowest BCUT2D eigenvalue weighted by atomic mass is 9.99. The average Bonchev–Trinajstić information content (AvgIpc) is 2.56. The summed E-state index contributed by atoms with van der Waals surface area (Å²) >= 11 is 0. The molecule has 2 amide bonds. The Morgan fingerprint density at radius 2 is 2.14 bits per heavy atom. The maximum Gasteiger partial charge on any atom is 0.315 e. The Labute approximate surface area is 83.5 Å². The summed E-state index contributed by atoms with van der Waals surface area (Å²) in [7, 11) is 0. The van der Waals surface area contributed by atoms with E-state index < -0.39 is 0 Å². The lowest BCUT2D eigenvalue weighted by Gasteiger charge is -2.12. The van der Waals surface area contributed by atoms with Crippen LogP contribution in [0.15, 0.2) is 18.2 Å². The molecular formula is C11H14N2O. The number of rotatable bonds is 1. The fourth-order valence-corrected chi connectivity index (χ4v) is 1.78. The number of aryl methyl sites for hydroxylation is 2. The van der Waals surface area contributed by atoms with Gasteiger partial charge in [-0.2, -0.15) is 0 Å². The molecule has 1 fully saturated rings. The topological polar surface area (TPSA) is 41.1 Å². The van der Waals surface area contributed by atoms with E-state index in [9.17, 15) is 4.79 Å². The van der Waals surface area contributed by atoms with E-state index in [2.05, 4.69) is 42.7 Å². The molecule has 1 atom stereocenters. The second-order valence-electron chi connectivity index (χ2n) is 3.77. The first-order valence-corrected chi connectivity index (χ1v) is 4.78. The van der Waals surface area contributed by atoms with Crippen molar-refractivity contribution in [3.8, 4) is 0 Å². The summed E-state index contributed by atoms with van der Waals surface area (Å²) in [6.45, 7) is 4.81. The van der Waals surface area contributed by atoms with E-state index >= 15 is 0 Å². The van der Waals surface area contributed by atoms with Gasteiger partial charge in [-0.25, -0.2) is 4.79 Å². The van der Waals surface area contributed by atoms with Crippen LogP contribution in [0, 0.1) is 13.8 Å². The number of carbonyl (C=O) groups excluding carboxylic acids is 1. The van der Waals surface area contributed by atoms with E-state index in [1.54, 1.807) is 0 Å². The molecule has 3 nitrogen and oxygen atoms in total. The molecule has 0 unspecified atom stereocenters. The molecule has 0 saturated carbocycles. The first kappa shape index (κ1) is 9.06. The highest BCUT2D eigenvalue weighted by Gasteiger charge is 2.22. The quantitative estimate of drug-likeness (QED) is 0.694. The zero-order chi connectivity index (χ0) is 10.1. The molecule has 1 aromatic carbocycles. The van der Waals surface area contributed by atoms with Crippen molar-refractivity contribution in [2.24, 2.45) is 0 Å². The predicted octanol–water partition coefficient (Wildman–Crippen LogP) is 1.66. The molecule has 14 heavy (non-hydrogen) atoms. The lowest BCUT2D eigenvalue weighted by molar-refractivity contribution is 0.247. The molecule has 1 saturated heterocycles. The molecule has 74 valence electrons. The van der Waals surface area contributed by atoms with Gasteiger partial charge in [-0.3, -0.25) is 0 Å². The summed E-state index contributed by atoms with van der Waals surface area (Å²) < 4.78 is 0. The number of carbonyl (C=O) groups is 1. The van der Waals surface area contributed by atoms with Crippen molar-refractivity contribution in [3.63, 3.8) is 0 Å². The van der Waals surface area contributed by atoms with E-state index in [1.165, 1.54) is 16.7 Å². The first-order chi connectivity index (χ1) is 6.66. The van der Waals surface area contributed by atoms with Crippen LogP contribution in [0.1, 0.15) is 22.7 Å². The number of nitrogens with one attached hydrogen (secondary N) is 2. The zero-order valence-electron chi connectivity index (χ0n) is 8.42. The Balaban J connectivity index is 2.31. The summed E-state index contributed by atoms with van der Waals surface area (Å²) in [5.74, 6) is 0. The van der Waals surface area contributed by atoms with Crippen molar-refractivity contribution < 1.29 is 4.79 Å². The summed E-state index contributed by atoms with van der Waals surface area (Å²) in [6.07, 6.45) is 0. The van der Waals surface area contributed by atoms with Gasteiger partial charge in [0.05, 0.1) is 6.04 Å². The van der Waals surface area contributed by atoms with E-state index in [0.29, 0.717) is 6.54 Å². The summed E-state index contributed by atoms with van der Waals surface area (Å²) in [4.78, 5) is 11.0. The minimum atomic E-state index is -0.0732. The molecule has 2 rings (SSSR count). The molecule has 1 aliphatic rings. The van der Waals surface area contributed by atoms with Crippen molar-refractivity contribution in [1.82, 2.24) is 10.6 Å². The molecule has 0 spiro atoms. The van der Waals surface area contributed by atoms with Crippen LogP contribution in [0.5, 0.6) is 0 Å². The minimum Gasteiger partial charge on any atom is -0.336 e. The van der Waals surface area contributed by atoms with Gasteiger partial charge in [-0.05, 0) is 25.0 Å². The van der Waals surface area contributed by atoms with Gasteiger partial charge in [-0.1, -0.05) is 23.8 Å². The Bertz CT molecular complexity index is 374. The molecule has 2 N–H and O–H groups in total. The number of urea groups is 1. The van der Waals surface area contributed by atoms with Gasteiger partial charge in [0.15, 0.2) is 0 Å². The van der Waals surface area contributed by atoms with Gasteiger partial charge in [0.1, 0.15) is 0 Å². The Hall–Kier alpha value is -1.51. The highest BCUT2D eigenvalue weighted by molar-refractivity contribution is 5.77. The highest BCUT2D eigenvalue weighted by Crippen LogP contribution is 2.20. The van der Waals surface area contributed by atoms with Gasteiger partial charge >= 0.3 is 6.03 Å². The smallest absolute Gasteiger partial charge is 0.315 e. The van der Waals surface area contributed by atoms with Crippen LogP contribution < -0.4 is 10.6 Å². The third-order valence-electron chi connectivity index (χ3n) is 2.58. The second-order valence-corrected chi connectivity index (χ2v) is 3.77. The number of benzene rings is 1. The SMILES string of the molecule is Cc1ccc(C)c([C@@H]2CNC(=O)N2)c1. The van der Waals surface area contributed by atoms with Gasteiger partial charge < -0.3 is 10.6 Å². The minimum absolute atomic E-state index is 0.0732. The monoisotopic (exact) mass is 190 g/mol. The summed E-state index contributed by atoms with van der Waals surface area (Å²) in [5, 5.41) is 5.65. The van der Waals surface area contributed by atoms with Crippen LogP contribution in [0.4, 0.5) is 4.79 Å². The van der Waals surface area contributed by atoms with Gasteiger partial charge in [-0.15, -0.1) is 0 Å². The van der Waals surface area contributed by atoms with Gasteiger partial charge in [0.25, 0.3) is 0 Å². The van der Waals surface area contributed by atoms with Crippen molar-refractivity contribution in [2.75, 3.05) is 6.54 Å².